The molecular weight excluding hydrogens is 252 g/mol. The van der Waals surface area contributed by atoms with Crippen LogP contribution in [0, 0.1) is 6.92 Å². The summed E-state index contributed by atoms with van der Waals surface area (Å²) in [7, 11) is 0. The van der Waals surface area contributed by atoms with Crippen LogP contribution >= 0.6 is 0 Å². The standard InChI is InChI=1S/C15H18N4O/c1-3-15(20)17-14-9-8-13(18-19-14)16-10-12-6-4-11(2)5-7-12/h4-9H,3,10H2,1-2H3,(H,16,18)(H,17,19,20). The van der Waals surface area contributed by atoms with Gasteiger partial charge in [-0.15, -0.1) is 10.2 Å². The fourth-order valence-electron chi connectivity index (χ4n) is 1.62. The van der Waals surface area contributed by atoms with E-state index >= 15 is 0 Å². The van der Waals surface area contributed by atoms with Crippen LogP contribution in [0.15, 0.2) is 36.4 Å². The topological polar surface area (TPSA) is 66.9 Å². The highest BCUT2D eigenvalue weighted by Crippen LogP contribution is 2.09. The van der Waals surface area contributed by atoms with E-state index in [-0.39, 0.29) is 5.91 Å². The molecule has 2 aromatic rings. The maximum Gasteiger partial charge on any atom is 0.225 e. The zero-order chi connectivity index (χ0) is 14.4. The van der Waals surface area contributed by atoms with E-state index in [2.05, 4.69) is 52.0 Å². The minimum atomic E-state index is -0.0698. The van der Waals surface area contributed by atoms with Gasteiger partial charge in [-0.1, -0.05) is 36.8 Å². The van der Waals surface area contributed by atoms with Crippen molar-refractivity contribution in [1.29, 1.82) is 0 Å². The zero-order valence-corrected chi connectivity index (χ0v) is 11.7. The number of aromatic nitrogens is 2. The van der Waals surface area contributed by atoms with Crippen LogP contribution in [-0.2, 0) is 11.3 Å². The Morgan fingerprint density at radius 1 is 1.05 bits per heavy atom. The molecule has 0 saturated carbocycles. The van der Waals surface area contributed by atoms with Gasteiger partial charge in [0.05, 0.1) is 0 Å². The molecule has 20 heavy (non-hydrogen) atoms. The summed E-state index contributed by atoms with van der Waals surface area (Å²) >= 11 is 0. The molecule has 0 bridgehead atoms. The summed E-state index contributed by atoms with van der Waals surface area (Å²) in [6.45, 7) is 4.54. The van der Waals surface area contributed by atoms with Gasteiger partial charge in [-0.3, -0.25) is 4.79 Å². The van der Waals surface area contributed by atoms with Gasteiger partial charge in [0, 0.05) is 13.0 Å². The number of amides is 1. The molecule has 5 heteroatoms. The average Bonchev–Trinajstić information content (AvgIpc) is 2.48. The Kier molecular flexibility index (Phi) is 4.65. The lowest BCUT2D eigenvalue weighted by Gasteiger charge is -2.06. The van der Waals surface area contributed by atoms with Crippen molar-refractivity contribution in [1.82, 2.24) is 10.2 Å². The number of carbonyl (C=O) groups is 1. The molecule has 0 aliphatic heterocycles. The number of carbonyl (C=O) groups excluding carboxylic acids is 1. The Bertz CT molecular complexity index is 563. The molecular formula is C15H18N4O. The lowest BCUT2D eigenvalue weighted by atomic mass is 10.1. The molecule has 0 atom stereocenters. The molecule has 0 saturated heterocycles. The molecule has 0 spiro atoms. The Labute approximate surface area is 118 Å². The van der Waals surface area contributed by atoms with Crippen LogP contribution < -0.4 is 10.6 Å². The van der Waals surface area contributed by atoms with Crippen molar-refractivity contribution in [3.8, 4) is 0 Å². The van der Waals surface area contributed by atoms with Gasteiger partial charge in [0.15, 0.2) is 5.82 Å². The second-order valence-electron chi connectivity index (χ2n) is 4.54. The van der Waals surface area contributed by atoms with Crippen LogP contribution in [-0.4, -0.2) is 16.1 Å². The highest BCUT2D eigenvalue weighted by Gasteiger charge is 2.01. The van der Waals surface area contributed by atoms with Crippen molar-refractivity contribution in [2.75, 3.05) is 10.6 Å². The lowest BCUT2D eigenvalue weighted by molar-refractivity contribution is -0.115. The number of hydrogen-bond donors (Lipinski definition) is 2. The van der Waals surface area contributed by atoms with Gasteiger partial charge in [-0.25, -0.2) is 0 Å². The maximum absolute atomic E-state index is 11.2. The summed E-state index contributed by atoms with van der Waals surface area (Å²) in [5.74, 6) is 1.08. The van der Waals surface area contributed by atoms with E-state index in [1.807, 2.05) is 0 Å². The second kappa shape index (κ2) is 6.65. The molecule has 0 fully saturated rings. The highest BCUT2D eigenvalue weighted by molar-refractivity contribution is 5.89. The first-order chi connectivity index (χ1) is 9.67. The molecule has 104 valence electrons. The van der Waals surface area contributed by atoms with Crippen LogP contribution in [0.3, 0.4) is 0 Å². The van der Waals surface area contributed by atoms with Gasteiger partial charge in [0.1, 0.15) is 5.82 Å². The summed E-state index contributed by atoms with van der Waals surface area (Å²) in [6.07, 6.45) is 0.426. The summed E-state index contributed by atoms with van der Waals surface area (Å²) in [5, 5.41) is 13.8. The van der Waals surface area contributed by atoms with Crippen LogP contribution in [0.25, 0.3) is 0 Å². The molecule has 0 aliphatic carbocycles. The van der Waals surface area contributed by atoms with Crippen molar-refractivity contribution >= 4 is 17.5 Å². The smallest absolute Gasteiger partial charge is 0.225 e. The Morgan fingerprint density at radius 2 is 1.70 bits per heavy atom. The minimum Gasteiger partial charge on any atom is -0.365 e. The van der Waals surface area contributed by atoms with Gasteiger partial charge in [-0.05, 0) is 24.6 Å². The fourth-order valence-corrected chi connectivity index (χ4v) is 1.62. The van der Waals surface area contributed by atoms with Crippen LogP contribution in [0.1, 0.15) is 24.5 Å². The summed E-state index contributed by atoms with van der Waals surface area (Å²) in [6, 6.07) is 11.8. The maximum atomic E-state index is 11.2. The van der Waals surface area contributed by atoms with E-state index in [4.69, 9.17) is 0 Å². The van der Waals surface area contributed by atoms with Gasteiger partial charge < -0.3 is 10.6 Å². The van der Waals surface area contributed by atoms with Crippen LogP contribution in [0.4, 0.5) is 11.6 Å². The van der Waals surface area contributed by atoms with Crippen molar-refractivity contribution in [2.45, 2.75) is 26.8 Å². The summed E-state index contributed by atoms with van der Waals surface area (Å²) < 4.78 is 0. The van der Waals surface area contributed by atoms with Crippen molar-refractivity contribution in [3.05, 3.63) is 47.5 Å². The van der Waals surface area contributed by atoms with E-state index in [0.717, 1.165) is 0 Å². The first-order valence-electron chi connectivity index (χ1n) is 6.60. The predicted octanol–water partition coefficient (Wildman–Crippen LogP) is 2.75. The first-order valence-corrected chi connectivity index (χ1v) is 6.60. The molecule has 2 N–H and O–H groups in total. The van der Waals surface area contributed by atoms with E-state index in [1.165, 1.54) is 11.1 Å². The number of aryl methyl sites for hydroxylation is 1. The van der Waals surface area contributed by atoms with E-state index in [0.29, 0.717) is 24.6 Å². The number of nitrogens with zero attached hydrogens (tertiary/aromatic N) is 2. The SMILES string of the molecule is CCC(=O)Nc1ccc(NCc2ccc(C)cc2)nn1. The normalized spacial score (nSPS) is 10.1. The molecule has 1 aromatic heterocycles. The molecule has 1 heterocycles. The molecule has 0 unspecified atom stereocenters. The van der Waals surface area contributed by atoms with E-state index in [1.54, 1.807) is 19.1 Å². The number of rotatable bonds is 5. The van der Waals surface area contributed by atoms with Crippen molar-refractivity contribution in [2.24, 2.45) is 0 Å². The van der Waals surface area contributed by atoms with Crippen LogP contribution in [0.5, 0.6) is 0 Å². The minimum absolute atomic E-state index is 0.0698. The van der Waals surface area contributed by atoms with Crippen LogP contribution in [0.2, 0.25) is 0 Å². The molecule has 2 rings (SSSR count). The summed E-state index contributed by atoms with van der Waals surface area (Å²) in [4.78, 5) is 11.2. The monoisotopic (exact) mass is 270 g/mol. The largest absolute Gasteiger partial charge is 0.365 e. The fraction of sp³-hybridized carbons (Fsp3) is 0.267. The van der Waals surface area contributed by atoms with Gasteiger partial charge >= 0.3 is 0 Å². The molecule has 1 amide bonds. The van der Waals surface area contributed by atoms with Crippen molar-refractivity contribution < 1.29 is 4.79 Å². The predicted molar refractivity (Wildman–Crippen MR) is 79.5 cm³/mol. The molecule has 0 radical (unpaired) electrons. The highest BCUT2D eigenvalue weighted by atomic mass is 16.1. The quantitative estimate of drug-likeness (QED) is 0.876. The Balaban J connectivity index is 1.90. The van der Waals surface area contributed by atoms with E-state index in [9.17, 15) is 4.79 Å². The first kappa shape index (κ1) is 14.0. The number of nitrogens with one attached hydrogen (secondary N) is 2. The Hall–Kier alpha value is -2.43. The Morgan fingerprint density at radius 3 is 2.30 bits per heavy atom. The number of anilines is 2. The second-order valence-corrected chi connectivity index (χ2v) is 4.54. The van der Waals surface area contributed by atoms with Crippen molar-refractivity contribution in [3.63, 3.8) is 0 Å². The number of hydrogen-bond acceptors (Lipinski definition) is 4. The zero-order valence-electron chi connectivity index (χ0n) is 11.7. The molecule has 0 aliphatic rings. The third-order valence-electron chi connectivity index (χ3n) is 2.85. The molecule has 5 nitrogen and oxygen atoms in total. The average molecular weight is 270 g/mol. The molecule has 1 aromatic carbocycles. The summed E-state index contributed by atoms with van der Waals surface area (Å²) in [5.41, 5.74) is 2.42. The van der Waals surface area contributed by atoms with Gasteiger partial charge in [0.2, 0.25) is 5.91 Å². The lowest BCUT2D eigenvalue weighted by Crippen LogP contribution is -2.11. The third kappa shape index (κ3) is 4.05. The third-order valence-corrected chi connectivity index (χ3v) is 2.85. The van der Waals surface area contributed by atoms with Gasteiger partial charge in [-0.2, -0.15) is 0 Å². The number of benzene rings is 1. The van der Waals surface area contributed by atoms with Gasteiger partial charge in [0.25, 0.3) is 0 Å². The van der Waals surface area contributed by atoms with E-state index < -0.39 is 0 Å².